The van der Waals surface area contributed by atoms with Gasteiger partial charge >= 0.3 is 0 Å². The number of aryl methyl sites for hydroxylation is 1. The highest BCUT2D eigenvalue weighted by Gasteiger charge is 2.24. The van der Waals surface area contributed by atoms with E-state index in [9.17, 15) is 4.79 Å². The van der Waals surface area contributed by atoms with Gasteiger partial charge in [-0.2, -0.15) is 0 Å². The van der Waals surface area contributed by atoms with Gasteiger partial charge in [0, 0.05) is 18.3 Å². The van der Waals surface area contributed by atoms with Crippen LogP contribution >= 0.6 is 0 Å². The number of nitrogens with one attached hydrogen (secondary N) is 1. The van der Waals surface area contributed by atoms with Crippen molar-refractivity contribution in [3.63, 3.8) is 0 Å². The number of Topliss-reactive ketones (excluding diaryl/α,β-unsaturated/α-hetero) is 1. The second-order valence-electron chi connectivity index (χ2n) is 5.48. The van der Waals surface area contributed by atoms with Crippen molar-refractivity contribution < 1.29 is 4.79 Å². The summed E-state index contributed by atoms with van der Waals surface area (Å²) in [6, 6.07) is 8.05. The Balaban J connectivity index is 1.87. The molecule has 102 valence electrons. The fourth-order valence-corrected chi connectivity index (χ4v) is 2.46. The first-order valence-corrected chi connectivity index (χ1v) is 6.84. The lowest BCUT2D eigenvalue weighted by molar-refractivity contribution is 0.0951. The molecule has 4 heteroatoms. The Hall–Kier alpha value is -2.23. The van der Waals surface area contributed by atoms with Crippen LogP contribution in [0.2, 0.25) is 0 Å². The van der Waals surface area contributed by atoms with E-state index in [0.29, 0.717) is 23.9 Å². The van der Waals surface area contributed by atoms with Crippen LogP contribution in [-0.4, -0.2) is 15.8 Å². The Kier molecular flexibility index (Phi) is 3.22. The molecule has 1 aliphatic carbocycles. The normalized spacial score (nSPS) is 17.7. The lowest BCUT2D eigenvalue weighted by Crippen LogP contribution is -2.20. The number of hydrogen-bond donors (Lipinski definition) is 1. The Labute approximate surface area is 118 Å². The third-order valence-electron chi connectivity index (χ3n) is 3.55. The van der Waals surface area contributed by atoms with Crippen LogP contribution in [0.25, 0.3) is 0 Å². The van der Waals surface area contributed by atoms with Crippen molar-refractivity contribution in [2.75, 3.05) is 5.32 Å². The van der Waals surface area contributed by atoms with Gasteiger partial charge in [-0.15, -0.1) is 0 Å². The number of aromatic nitrogens is 2. The third kappa shape index (κ3) is 2.54. The molecule has 0 aliphatic heterocycles. The largest absolute Gasteiger partial charge is 0.324 e. The molecule has 1 aromatic heterocycles. The fraction of sp³-hybridized carbons (Fsp3) is 0.312. The summed E-state index contributed by atoms with van der Waals surface area (Å²) >= 11 is 0. The molecule has 1 N–H and O–H groups in total. The summed E-state index contributed by atoms with van der Waals surface area (Å²) in [4.78, 5) is 20.6. The SMILES string of the molecule is Cc1ccc(Nc2ncc3c(n2)CC(C)CC3=O)cc1. The predicted octanol–water partition coefficient (Wildman–Crippen LogP) is 3.29. The monoisotopic (exact) mass is 267 g/mol. The zero-order valence-corrected chi connectivity index (χ0v) is 11.7. The first kappa shape index (κ1) is 12.8. The highest BCUT2D eigenvalue weighted by atomic mass is 16.1. The Morgan fingerprint density at radius 3 is 2.70 bits per heavy atom. The van der Waals surface area contributed by atoms with Crippen molar-refractivity contribution in [3.05, 3.63) is 47.3 Å². The van der Waals surface area contributed by atoms with Gasteiger partial charge in [-0.1, -0.05) is 24.6 Å². The number of rotatable bonds is 2. The van der Waals surface area contributed by atoms with Gasteiger partial charge in [-0.3, -0.25) is 4.79 Å². The highest BCUT2D eigenvalue weighted by Crippen LogP contribution is 2.24. The summed E-state index contributed by atoms with van der Waals surface area (Å²) in [5.74, 6) is 1.06. The molecule has 4 nitrogen and oxygen atoms in total. The molecule has 1 aromatic carbocycles. The molecule has 1 heterocycles. The minimum absolute atomic E-state index is 0.153. The molecule has 2 aromatic rings. The summed E-state index contributed by atoms with van der Waals surface area (Å²) < 4.78 is 0. The van der Waals surface area contributed by atoms with E-state index in [4.69, 9.17) is 0 Å². The fourth-order valence-electron chi connectivity index (χ4n) is 2.46. The van der Waals surface area contributed by atoms with Crippen LogP contribution in [0, 0.1) is 12.8 Å². The number of benzene rings is 1. The summed E-state index contributed by atoms with van der Waals surface area (Å²) in [6.45, 7) is 4.13. The topological polar surface area (TPSA) is 54.9 Å². The third-order valence-corrected chi connectivity index (χ3v) is 3.55. The van der Waals surface area contributed by atoms with E-state index in [0.717, 1.165) is 17.8 Å². The lowest BCUT2D eigenvalue weighted by Gasteiger charge is -2.19. The number of ketones is 1. The molecule has 0 spiro atoms. The van der Waals surface area contributed by atoms with Gasteiger partial charge in [0.1, 0.15) is 0 Å². The molecule has 0 radical (unpaired) electrons. The van der Waals surface area contributed by atoms with Crippen molar-refractivity contribution in [3.8, 4) is 0 Å². The zero-order chi connectivity index (χ0) is 14.1. The molecular weight excluding hydrogens is 250 g/mol. The van der Waals surface area contributed by atoms with E-state index in [1.54, 1.807) is 6.20 Å². The highest BCUT2D eigenvalue weighted by molar-refractivity contribution is 5.98. The summed E-state index contributed by atoms with van der Waals surface area (Å²) in [5.41, 5.74) is 3.70. The second-order valence-corrected chi connectivity index (χ2v) is 5.48. The summed E-state index contributed by atoms with van der Waals surface area (Å²) in [7, 11) is 0. The molecule has 0 fully saturated rings. The first-order valence-electron chi connectivity index (χ1n) is 6.84. The molecule has 0 bridgehead atoms. The molecular formula is C16H17N3O. The number of nitrogens with zero attached hydrogens (tertiary/aromatic N) is 2. The minimum Gasteiger partial charge on any atom is -0.324 e. The number of carbonyl (C=O) groups is 1. The molecule has 0 amide bonds. The maximum Gasteiger partial charge on any atom is 0.227 e. The van der Waals surface area contributed by atoms with Crippen LogP contribution in [0.4, 0.5) is 11.6 Å². The maximum absolute atomic E-state index is 11.9. The van der Waals surface area contributed by atoms with Gasteiger partial charge < -0.3 is 5.32 Å². The molecule has 20 heavy (non-hydrogen) atoms. The predicted molar refractivity (Wildman–Crippen MR) is 78.3 cm³/mol. The standard InChI is InChI=1S/C16H17N3O/c1-10-3-5-12(6-4-10)18-16-17-9-13-14(19-16)7-11(2)8-15(13)20/h3-6,9,11H,7-8H2,1-2H3,(H,17,18,19). The Morgan fingerprint density at radius 2 is 1.95 bits per heavy atom. The van der Waals surface area contributed by atoms with Gasteiger partial charge in [-0.05, 0) is 31.4 Å². The van der Waals surface area contributed by atoms with E-state index >= 15 is 0 Å². The van der Waals surface area contributed by atoms with Crippen molar-refractivity contribution in [2.24, 2.45) is 5.92 Å². The molecule has 0 saturated heterocycles. The summed E-state index contributed by atoms with van der Waals surface area (Å²) in [5, 5.41) is 3.18. The van der Waals surface area contributed by atoms with E-state index in [2.05, 4.69) is 22.2 Å². The Bertz CT molecular complexity index is 649. The molecule has 1 aliphatic rings. The van der Waals surface area contributed by atoms with Crippen LogP contribution in [0.3, 0.4) is 0 Å². The van der Waals surface area contributed by atoms with Crippen molar-refractivity contribution >= 4 is 17.4 Å². The van der Waals surface area contributed by atoms with Crippen molar-refractivity contribution in [1.29, 1.82) is 0 Å². The lowest BCUT2D eigenvalue weighted by atomic mass is 9.88. The van der Waals surface area contributed by atoms with E-state index in [-0.39, 0.29) is 5.78 Å². The number of carbonyl (C=O) groups excluding carboxylic acids is 1. The van der Waals surface area contributed by atoms with E-state index < -0.39 is 0 Å². The van der Waals surface area contributed by atoms with E-state index in [1.807, 2.05) is 31.2 Å². The first-order chi connectivity index (χ1) is 9.61. The quantitative estimate of drug-likeness (QED) is 0.907. The van der Waals surface area contributed by atoms with Crippen LogP contribution in [0.15, 0.2) is 30.5 Å². The van der Waals surface area contributed by atoms with Crippen molar-refractivity contribution in [1.82, 2.24) is 9.97 Å². The molecule has 0 saturated carbocycles. The Morgan fingerprint density at radius 1 is 1.20 bits per heavy atom. The van der Waals surface area contributed by atoms with Gasteiger partial charge in [-0.25, -0.2) is 9.97 Å². The molecule has 1 atom stereocenters. The van der Waals surface area contributed by atoms with Gasteiger partial charge in [0.25, 0.3) is 0 Å². The van der Waals surface area contributed by atoms with Gasteiger partial charge in [0.2, 0.25) is 5.95 Å². The molecule has 3 rings (SSSR count). The number of fused-ring (bicyclic) bond motifs is 1. The van der Waals surface area contributed by atoms with Crippen LogP contribution in [0.1, 0.15) is 35.0 Å². The van der Waals surface area contributed by atoms with Gasteiger partial charge in [0.15, 0.2) is 5.78 Å². The van der Waals surface area contributed by atoms with Gasteiger partial charge in [0.05, 0.1) is 11.3 Å². The summed E-state index contributed by atoms with van der Waals surface area (Å²) in [6.07, 6.45) is 3.08. The van der Waals surface area contributed by atoms with Crippen LogP contribution < -0.4 is 5.32 Å². The number of anilines is 2. The average molecular weight is 267 g/mol. The molecule has 1 unspecified atom stereocenters. The van der Waals surface area contributed by atoms with Crippen LogP contribution in [-0.2, 0) is 6.42 Å². The van der Waals surface area contributed by atoms with Crippen molar-refractivity contribution in [2.45, 2.75) is 26.7 Å². The van der Waals surface area contributed by atoms with E-state index in [1.165, 1.54) is 5.56 Å². The zero-order valence-electron chi connectivity index (χ0n) is 11.7. The maximum atomic E-state index is 11.9. The smallest absolute Gasteiger partial charge is 0.227 e. The minimum atomic E-state index is 0.153. The number of hydrogen-bond acceptors (Lipinski definition) is 4. The second kappa shape index (κ2) is 5.04. The van der Waals surface area contributed by atoms with Crippen LogP contribution in [0.5, 0.6) is 0 Å². The average Bonchev–Trinajstić information content (AvgIpc) is 2.41.